The van der Waals surface area contributed by atoms with Crippen molar-refractivity contribution in [3.05, 3.63) is 102 Å². The van der Waals surface area contributed by atoms with Gasteiger partial charge in [0.05, 0.1) is 30.6 Å². The van der Waals surface area contributed by atoms with Crippen LogP contribution in [0.1, 0.15) is 35.5 Å². The van der Waals surface area contributed by atoms with Gasteiger partial charge in [0.15, 0.2) is 0 Å². The van der Waals surface area contributed by atoms with Crippen molar-refractivity contribution in [1.29, 1.82) is 0 Å². The summed E-state index contributed by atoms with van der Waals surface area (Å²) in [7, 11) is 1.61. The quantitative estimate of drug-likeness (QED) is 0.273. The lowest BCUT2D eigenvalue weighted by molar-refractivity contribution is 0.0721. The number of carbonyl (C=O) groups excluding carboxylic acids is 1. The number of nitrogens with zero attached hydrogens (tertiary/aromatic N) is 3. The molecule has 0 spiro atoms. The van der Waals surface area contributed by atoms with E-state index in [1.807, 2.05) is 61.5 Å². The number of halogens is 1. The molecule has 1 heterocycles. The molecule has 0 aliphatic rings. The maximum absolute atomic E-state index is 13.5. The number of aryl methyl sites for hydroxylation is 1. The van der Waals surface area contributed by atoms with Gasteiger partial charge >= 0.3 is 0 Å². The van der Waals surface area contributed by atoms with Crippen molar-refractivity contribution < 1.29 is 18.7 Å². The first-order valence-corrected chi connectivity index (χ1v) is 11.9. The highest BCUT2D eigenvalue weighted by Gasteiger charge is 2.25. The SMILES string of the molecule is COc1ccc(Oc2c(CN(CC(C)C)C(=O)c3ccc(F)cc3)c(C)nn2-c2ccccc2)cc1. The largest absolute Gasteiger partial charge is 0.497 e. The smallest absolute Gasteiger partial charge is 0.254 e. The van der Waals surface area contributed by atoms with Crippen molar-refractivity contribution in [2.45, 2.75) is 27.3 Å². The predicted molar refractivity (Wildman–Crippen MR) is 137 cm³/mol. The number of benzene rings is 3. The molecule has 4 aromatic rings. The molecule has 6 nitrogen and oxygen atoms in total. The summed E-state index contributed by atoms with van der Waals surface area (Å²) in [5, 5.41) is 4.77. The van der Waals surface area contributed by atoms with Gasteiger partial charge in [-0.2, -0.15) is 5.10 Å². The van der Waals surface area contributed by atoms with Crippen LogP contribution in [0.25, 0.3) is 5.69 Å². The number of hydrogen-bond donors (Lipinski definition) is 0. The first-order chi connectivity index (χ1) is 17.4. The predicted octanol–water partition coefficient (Wildman–Crippen LogP) is 6.42. The van der Waals surface area contributed by atoms with Crippen molar-refractivity contribution in [1.82, 2.24) is 14.7 Å². The summed E-state index contributed by atoms with van der Waals surface area (Å²) in [5.41, 5.74) is 2.83. The molecule has 7 heteroatoms. The van der Waals surface area contributed by atoms with Gasteiger partial charge < -0.3 is 14.4 Å². The summed E-state index contributed by atoms with van der Waals surface area (Å²) >= 11 is 0. The van der Waals surface area contributed by atoms with Gasteiger partial charge in [0.2, 0.25) is 5.88 Å². The number of amides is 1. The topological polar surface area (TPSA) is 56.6 Å². The van der Waals surface area contributed by atoms with Crippen LogP contribution in [-0.2, 0) is 6.54 Å². The van der Waals surface area contributed by atoms with Crippen molar-refractivity contribution in [2.75, 3.05) is 13.7 Å². The Morgan fingerprint density at radius 2 is 1.61 bits per heavy atom. The van der Waals surface area contributed by atoms with E-state index in [2.05, 4.69) is 13.8 Å². The molecule has 0 radical (unpaired) electrons. The molecule has 0 saturated heterocycles. The van der Waals surface area contributed by atoms with Crippen LogP contribution < -0.4 is 9.47 Å². The standard InChI is InChI=1S/C29H30FN3O3/c1-20(2)18-32(28(34)22-10-12-23(30)13-11-22)19-27-21(3)31-33(24-8-6-5-7-9-24)29(27)36-26-16-14-25(35-4)15-17-26/h5-17,20H,18-19H2,1-4H3. The van der Waals surface area contributed by atoms with Crippen LogP contribution in [0.2, 0.25) is 0 Å². The van der Waals surface area contributed by atoms with E-state index in [1.54, 1.807) is 16.7 Å². The Hall–Kier alpha value is -4.13. The minimum Gasteiger partial charge on any atom is -0.497 e. The average molecular weight is 488 g/mol. The number of ether oxygens (including phenoxy) is 2. The average Bonchev–Trinajstić information content (AvgIpc) is 3.19. The van der Waals surface area contributed by atoms with Crippen LogP contribution in [0.15, 0.2) is 78.9 Å². The molecular formula is C29H30FN3O3. The number of carbonyl (C=O) groups is 1. The lowest BCUT2D eigenvalue weighted by Gasteiger charge is -2.25. The fourth-order valence-electron chi connectivity index (χ4n) is 3.95. The molecule has 0 saturated carbocycles. The van der Waals surface area contributed by atoms with Crippen LogP contribution in [0.3, 0.4) is 0 Å². The minimum absolute atomic E-state index is 0.175. The highest BCUT2D eigenvalue weighted by atomic mass is 19.1. The third kappa shape index (κ3) is 5.74. The van der Waals surface area contributed by atoms with Crippen molar-refractivity contribution in [3.63, 3.8) is 0 Å². The fraction of sp³-hybridized carbons (Fsp3) is 0.241. The van der Waals surface area contributed by atoms with Gasteiger partial charge in [0.1, 0.15) is 17.3 Å². The lowest BCUT2D eigenvalue weighted by Crippen LogP contribution is -2.34. The summed E-state index contributed by atoms with van der Waals surface area (Å²) < 4.78 is 26.9. The highest BCUT2D eigenvalue weighted by Crippen LogP contribution is 2.33. The van der Waals surface area contributed by atoms with Gasteiger partial charge in [-0.3, -0.25) is 4.79 Å². The Balaban J connectivity index is 1.75. The molecule has 1 amide bonds. The number of aromatic nitrogens is 2. The molecule has 1 aromatic heterocycles. The van der Waals surface area contributed by atoms with E-state index >= 15 is 0 Å². The van der Waals surface area contributed by atoms with E-state index in [1.165, 1.54) is 24.3 Å². The summed E-state index contributed by atoms with van der Waals surface area (Å²) in [6.45, 7) is 6.83. The van der Waals surface area contributed by atoms with Crippen LogP contribution in [0.4, 0.5) is 4.39 Å². The third-order valence-electron chi connectivity index (χ3n) is 5.72. The summed E-state index contributed by atoms with van der Waals surface area (Å²) in [4.78, 5) is 15.2. The molecule has 0 aliphatic carbocycles. The van der Waals surface area contributed by atoms with E-state index in [0.29, 0.717) is 30.3 Å². The van der Waals surface area contributed by atoms with Crippen molar-refractivity contribution in [2.24, 2.45) is 5.92 Å². The lowest BCUT2D eigenvalue weighted by atomic mass is 10.1. The summed E-state index contributed by atoms with van der Waals surface area (Å²) in [6.07, 6.45) is 0. The molecule has 3 aromatic carbocycles. The summed E-state index contributed by atoms with van der Waals surface area (Å²) in [5.74, 6) is 1.55. The van der Waals surface area contributed by atoms with E-state index in [-0.39, 0.29) is 17.6 Å². The summed E-state index contributed by atoms with van der Waals surface area (Å²) in [6, 6.07) is 22.7. The van der Waals surface area contributed by atoms with E-state index in [0.717, 1.165) is 22.7 Å². The Bertz CT molecular complexity index is 1300. The monoisotopic (exact) mass is 487 g/mol. The van der Waals surface area contributed by atoms with Gasteiger partial charge in [-0.25, -0.2) is 9.07 Å². The molecule has 186 valence electrons. The first kappa shape index (κ1) is 25.0. The normalized spacial score (nSPS) is 10.9. The van der Waals surface area contributed by atoms with Gasteiger partial charge in [-0.15, -0.1) is 0 Å². The second-order valence-electron chi connectivity index (χ2n) is 8.98. The van der Waals surface area contributed by atoms with E-state index in [4.69, 9.17) is 14.6 Å². The molecule has 0 N–H and O–H groups in total. The Labute approximate surface area is 210 Å². The Morgan fingerprint density at radius 1 is 0.972 bits per heavy atom. The number of hydrogen-bond acceptors (Lipinski definition) is 4. The van der Waals surface area contributed by atoms with Crippen molar-refractivity contribution >= 4 is 5.91 Å². The molecule has 0 aliphatic heterocycles. The molecule has 36 heavy (non-hydrogen) atoms. The van der Waals surface area contributed by atoms with E-state index < -0.39 is 0 Å². The van der Waals surface area contributed by atoms with Crippen LogP contribution in [-0.4, -0.2) is 34.2 Å². The van der Waals surface area contributed by atoms with Crippen LogP contribution >= 0.6 is 0 Å². The Kier molecular flexibility index (Phi) is 7.68. The van der Waals surface area contributed by atoms with Gasteiger partial charge in [-0.05, 0) is 73.5 Å². The molecule has 0 atom stereocenters. The minimum atomic E-state index is -0.378. The zero-order valence-corrected chi connectivity index (χ0v) is 20.9. The van der Waals surface area contributed by atoms with Gasteiger partial charge in [-0.1, -0.05) is 32.0 Å². The Morgan fingerprint density at radius 3 is 2.22 bits per heavy atom. The molecular weight excluding hydrogens is 457 g/mol. The second-order valence-corrected chi connectivity index (χ2v) is 8.98. The third-order valence-corrected chi connectivity index (χ3v) is 5.72. The molecule has 0 unspecified atom stereocenters. The number of para-hydroxylation sites is 1. The van der Waals surface area contributed by atoms with E-state index in [9.17, 15) is 9.18 Å². The second kappa shape index (κ2) is 11.1. The van der Waals surface area contributed by atoms with Crippen molar-refractivity contribution in [3.8, 4) is 23.1 Å². The highest BCUT2D eigenvalue weighted by molar-refractivity contribution is 5.94. The van der Waals surface area contributed by atoms with Gasteiger partial charge in [0.25, 0.3) is 5.91 Å². The molecule has 4 rings (SSSR count). The maximum atomic E-state index is 13.5. The van der Waals surface area contributed by atoms with Gasteiger partial charge in [0, 0.05) is 12.1 Å². The molecule has 0 fully saturated rings. The molecule has 0 bridgehead atoms. The fourth-order valence-corrected chi connectivity index (χ4v) is 3.95. The number of rotatable bonds is 9. The zero-order valence-electron chi connectivity index (χ0n) is 20.9. The van der Waals surface area contributed by atoms with Crippen LogP contribution in [0, 0.1) is 18.7 Å². The number of methoxy groups -OCH3 is 1. The first-order valence-electron chi connectivity index (χ1n) is 11.9. The zero-order chi connectivity index (χ0) is 25.7. The van der Waals surface area contributed by atoms with Crippen LogP contribution in [0.5, 0.6) is 17.4 Å². The maximum Gasteiger partial charge on any atom is 0.254 e.